The van der Waals surface area contributed by atoms with Gasteiger partial charge in [-0.05, 0) is 25.1 Å². The van der Waals surface area contributed by atoms with Gasteiger partial charge in [-0.15, -0.1) is 11.3 Å². The second kappa shape index (κ2) is 5.46. The van der Waals surface area contributed by atoms with Crippen molar-refractivity contribution in [2.75, 3.05) is 13.7 Å². The molecule has 0 saturated carbocycles. The van der Waals surface area contributed by atoms with E-state index in [-0.39, 0.29) is 12.4 Å². The van der Waals surface area contributed by atoms with Crippen LogP contribution in [0.4, 0.5) is 4.39 Å². The van der Waals surface area contributed by atoms with Crippen molar-refractivity contribution in [2.45, 2.75) is 13.3 Å². The van der Waals surface area contributed by atoms with Crippen molar-refractivity contribution in [2.24, 2.45) is 0 Å². The van der Waals surface area contributed by atoms with Crippen LogP contribution in [0.5, 0.6) is 5.75 Å². The number of aliphatic hydroxyl groups excluding tert-OH is 1. The number of aryl methyl sites for hydroxylation is 1. The lowest BCUT2D eigenvalue weighted by molar-refractivity contribution is 0.300. The topological polar surface area (TPSA) is 42.4 Å². The maximum Gasteiger partial charge on any atom is 0.165 e. The summed E-state index contributed by atoms with van der Waals surface area (Å²) in [5.74, 6) is -0.172. The molecule has 0 fully saturated rings. The lowest BCUT2D eigenvalue weighted by Gasteiger charge is -2.02. The highest BCUT2D eigenvalue weighted by Crippen LogP contribution is 2.30. The summed E-state index contributed by atoms with van der Waals surface area (Å²) >= 11 is 1.48. The fourth-order valence-corrected chi connectivity index (χ4v) is 2.73. The number of thiazole rings is 1. The quantitative estimate of drug-likeness (QED) is 0.926. The van der Waals surface area contributed by atoms with Gasteiger partial charge in [0.05, 0.1) is 12.8 Å². The highest BCUT2D eigenvalue weighted by Gasteiger charge is 2.11. The van der Waals surface area contributed by atoms with Crippen molar-refractivity contribution in [1.29, 1.82) is 0 Å². The van der Waals surface area contributed by atoms with Crippen LogP contribution in [-0.4, -0.2) is 23.8 Å². The zero-order chi connectivity index (χ0) is 13.1. The number of aromatic nitrogens is 1. The second-order valence-electron chi connectivity index (χ2n) is 3.85. The van der Waals surface area contributed by atoms with Crippen molar-refractivity contribution >= 4 is 11.3 Å². The molecule has 96 valence electrons. The van der Waals surface area contributed by atoms with Gasteiger partial charge in [-0.2, -0.15) is 0 Å². The predicted molar refractivity (Wildman–Crippen MR) is 69.6 cm³/mol. The summed E-state index contributed by atoms with van der Waals surface area (Å²) < 4.78 is 18.5. The molecule has 5 heteroatoms. The maximum absolute atomic E-state index is 13.6. The van der Waals surface area contributed by atoms with Gasteiger partial charge in [0.15, 0.2) is 11.6 Å². The first-order chi connectivity index (χ1) is 8.65. The Balaban J connectivity index is 2.36. The van der Waals surface area contributed by atoms with E-state index in [4.69, 9.17) is 9.84 Å². The fourth-order valence-electron chi connectivity index (χ4n) is 1.68. The van der Waals surface area contributed by atoms with Crippen LogP contribution in [0.2, 0.25) is 0 Å². The smallest absolute Gasteiger partial charge is 0.165 e. The van der Waals surface area contributed by atoms with Crippen LogP contribution in [-0.2, 0) is 6.42 Å². The van der Waals surface area contributed by atoms with Crippen molar-refractivity contribution in [1.82, 2.24) is 4.98 Å². The lowest BCUT2D eigenvalue weighted by atomic mass is 10.2. The largest absolute Gasteiger partial charge is 0.494 e. The zero-order valence-electron chi connectivity index (χ0n) is 10.2. The number of halogens is 1. The Morgan fingerprint density at radius 3 is 2.83 bits per heavy atom. The molecule has 2 rings (SSSR count). The van der Waals surface area contributed by atoms with Crippen molar-refractivity contribution in [3.8, 4) is 16.3 Å². The highest BCUT2D eigenvalue weighted by molar-refractivity contribution is 7.15. The number of rotatable bonds is 4. The van der Waals surface area contributed by atoms with Gasteiger partial charge in [-0.3, -0.25) is 0 Å². The van der Waals surface area contributed by atoms with Crippen LogP contribution in [0, 0.1) is 12.7 Å². The third-order valence-corrected chi connectivity index (χ3v) is 3.90. The van der Waals surface area contributed by atoms with Crippen LogP contribution < -0.4 is 4.74 Å². The van der Waals surface area contributed by atoms with Crippen LogP contribution in [0.15, 0.2) is 18.2 Å². The lowest BCUT2D eigenvalue weighted by Crippen LogP contribution is -1.89. The molecule has 1 heterocycles. The van der Waals surface area contributed by atoms with Crippen LogP contribution in [0.1, 0.15) is 10.6 Å². The van der Waals surface area contributed by atoms with E-state index in [1.807, 2.05) is 6.92 Å². The molecule has 1 aromatic carbocycles. The van der Waals surface area contributed by atoms with E-state index in [0.717, 1.165) is 21.1 Å². The average Bonchev–Trinajstić information content (AvgIpc) is 2.71. The van der Waals surface area contributed by atoms with Crippen molar-refractivity contribution in [3.63, 3.8) is 0 Å². The Labute approximate surface area is 109 Å². The molecule has 0 unspecified atom stereocenters. The summed E-state index contributed by atoms with van der Waals surface area (Å²) in [4.78, 5) is 5.43. The Kier molecular flexibility index (Phi) is 3.93. The fraction of sp³-hybridized carbons (Fsp3) is 0.308. The number of methoxy groups -OCH3 is 1. The van der Waals surface area contributed by atoms with Gasteiger partial charge in [-0.25, -0.2) is 9.37 Å². The SMILES string of the molecule is COc1ccc(-c2nc(C)c(CCO)s2)cc1F. The van der Waals surface area contributed by atoms with E-state index in [0.29, 0.717) is 6.42 Å². The first-order valence-corrected chi connectivity index (χ1v) is 6.38. The van der Waals surface area contributed by atoms with E-state index in [1.165, 1.54) is 24.5 Å². The molecular weight excluding hydrogens is 253 g/mol. The maximum atomic E-state index is 13.6. The van der Waals surface area contributed by atoms with Gasteiger partial charge in [0.2, 0.25) is 0 Å². The minimum atomic E-state index is -0.397. The molecule has 2 aromatic rings. The number of nitrogens with zero attached hydrogens (tertiary/aromatic N) is 1. The summed E-state index contributed by atoms with van der Waals surface area (Å²) in [6.45, 7) is 1.99. The molecule has 0 aliphatic heterocycles. The van der Waals surface area contributed by atoms with Gasteiger partial charge in [-0.1, -0.05) is 0 Å². The molecule has 3 nitrogen and oxygen atoms in total. The predicted octanol–water partition coefficient (Wildman–Crippen LogP) is 2.80. The first kappa shape index (κ1) is 13.0. The Morgan fingerprint density at radius 2 is 2.22 bits per heavy atom. The molecule has 18 heavy (non-hydrogen) atoms. The Hall–Kier alpha value is -1.46. The van der Waals surface area contributed by atoms with Gasteiger partial charge in [0, 0.05) is 23.5 Å². The third kappa shape index (κ3) is 2.52. The molecule has 0 aliphatic carbocycles. The molecule has 0 bridgehead atoms. The summed E-state index contributed by atoms with van der Waals surface area (Å²) in [6, 6.07) is 4.79. The third-order valence-electron chi connectivity index (χ3n) is 2.63. The summed E-state index contributed by atoms with van der Waals surface area (Å²) in [5.41, 5.74) is 1.62. The van der Waals surface area contributed by atoms with Gasteiger partial charge in [0.25, 0.3) is 0 Å². The Morgan fingerprint density at radius 1 is 1.44 bits per heavy atom. The molecular formula is C13H14FNO2S. The molecule has 1 N–H and O–H groups in total. The number of ether oxygens (including phenoxy) is 1. The van der Waals surface area contributed by atoms with Crippen LogP contribution >= 0.6 is 11.3 Å². The number of hydrogen-bond acceptors (Lipinski definition) is 4. The summed E-state index contributed by atoms with van der Waals surface area (Å²) in [6.07, 6.45) is 0.585. The molecule has 0 aliphatic rings. The van der Waals surface area contributed by atoms with Gasteiger partial charge < -0.3 is 9.84 Å². The monoisotopic (exact) mass is 267 g/mol. The minimum absolute atomic E-state index is 0.0967. The van der Waals surface area contributed by atoms with Crippen LogP contribution in [0.3, 0.4) is 0 Å². The second-order valence-corrected chi connectivity index (χ2v) is 4.93. The summed E-state index contributed by atoms with van der Waals surface area (Å²) in [5, 5.41) is 9.70. The molecule has 0 spiro atoms. The van der Waals surface area contributed by atoms with Crippen molar-refractivity contribution in [3.05, 3.63) is 34.6 Å². The molecule has 0 amide bonds. The van der Waals surface area contributed by atoms with Crippen LogP contribution in [0.25, 0.3) is 10.6 Å². The van der Waals surface area contributed by atoms with Gasteiger partial charge in [0.1, 0.15) is 5.01 Å². The normalized spacial score (nSPS) is 10.7. The van der Waals surface area contributed by atoms with E-state index in [9.17, 15) is 4.39 Å². The minimum Gasteiger partial charge on any atom is -0.494 e. The first-order valence-electron chi connectivity index (χ1n) is 5.56. The summed E-state index contributed by atoms with van der Waals surface area (Å²) in [7, 11) is 1.44. The van der Waals surface area contributed by atoms with E-state index < -0.39 is 5.82 Å². The number of hydrogen-bond donors (Lipinski definition) is 1. The molecule has 0 saturated heterocycles. The Bertz CT molecular complexity index is 554. The molecule has 1 aromatic heterocycles. The van der Waals surface area contributed by atoms with Crippen molar-refractivity contribution < 1.29 is 14.2 Å². The van der Waals surface area contributed by atoms with E-state index in [2.05, 4.69) is 4.98 Å². The van der Waals surface area contributed by atoms with E-state index >= 15 is 0 Å². The zero-order valence-corrected chi connectivity index (χ0v) is 11.1. The average molecular weight is 267 g/mol. The standard InChI is InChI=1S/C13H14FNO2S/c1-8-12(5-6-16)18-13(15-8)9-3-4-11(17-2)10(14)7-9/h3-4,7,16H,5-6H2,1-2H3. The van der Waals surface area contributed by atoms with Gasteiger partial charge >= 0.3 is 0 Å². The highest BCUT2D eigenvalue weighted by atomic mass is 32.1. The number of benzene rings is 1. The molecule has 0 radical (unpaired) electrons. The molecule has 0 atom stereocenters. The van der Waals surface area contributed by atoms with E-state index in [1.54, 1.807) is 12.1 Å². The number of aliphatic hydroxyl groups is 1.